The minimum Gasteiger partial charge on any atom is -0.351 e. The van der Waals surface area contributed by atoms with Gasteiger partial charge in [-0.2, -0.15) is 0 Å². The maximum atomic E-state index is 11.9. The van der Waals surface area contributed by atoms with Crippen molar-refractivity contribution < 1.29 is 4.79 Å². The highest BCUT2D eigenvalue weighted by Gasteiger charge is 2.21. The van der Waals surface area contributed by atoms with Gasteiger partial charge in [0.15, 0.2) is 0 Å². The molecular formula is C13H29N3O. The summed E-state index contributed by atoms with van der Waals surface area (Å²) < 4.78 is 0. The Morgan fingerprint density at radius 2 is 1.76 bits per heavy atom. The van der Waals surface area contributed by atoms with Crippen LogP contribution in [0.15, 0.2) is 0 Å². The highest BCUT2D eigenvalue weighted by Crippen LogP contribution is 2.05. The van der Waals surface area contributed by atoms with E-state index in [2.05, 4.69) is 31.0 Å². The maximum Gasteiger partial charge on any atom is 0.237 e. The van der Waals surface area contributed by atoms with Gasteiger partial charge in [0.2, 0.25) is 5.91 Å². The fourth-order valence-corrected chi connectivity index (χ4v) is 1.77. The smallest absolute Gasteiger partial charge is 0.237 e. The summed E-state index contributed by atoms with van der Waals surface area (Å²) in [6.45, 7) is 13.2. The molecule has 0 aliphatic rings. The van der Waals surface area contributed by atoms with Crippen molar-refractivity contribution in [3.63, 3.8) is 0 Å². The Morgan fingerprint density at radius 1 is 1.24 bits per heavy atom. The van der Waals surface area contributed by atoms with Crippen molar-refractivity contribution in [3.05, 3.63) is 0 Å². The van der Waals surface area contributed by atoms with Crippen LogP contribution in [0, 0.1) is 5.92 Å². The Morgan fingerprint density at radius 3 is 2.18 bits per heavy atom. The van der Waals surface area contributed by atoms with Crippen LogP contribution >= 0.6 is 0 Å². The van der Waals surface area contributed by atoms with E-state index < -0.39 is 0 Å². The molecular weight excluding hydrogens is 214 g/mol. The van der Waals surface area contributed by atoms with Crippen molar-refractivity contribution in [2.75, 3.05) is 19.6 Å². The first kappa shape index (κ1) is 16.4. The third-order valence-corrected chi connectivity index (χ3v) is 3.37. The van der Waals surface area contributed by atoms with Crippen LogP contribution in [0.3, 0.4) is 0 Å². The minimum absolute atomic E-state index is 0.0287. The summed E-state index contributed by atoms with van der Waals surface area (Å²) >= 11 is 0. The molecule has 4 heteroatoms. The average molecular weight is 243 g/mol. The largest absolute Gasteiger partial charge is 0.351 e. The molecule has 0 heterocycles. The van der Waals surface area contributed by atoms with Crippen LogP contribution in [-0.2, 0) is 4.79 Å². The van der Waals surface area contributed by atoms with Gasteiger partial charge in [-0.15, -0.1) is 0 Å². The number of amides is 1. The maximum absolute atomic E-state index is 11.9. The molecule has 0 radical (unpaired) electrons. The summed E-state index contributed by atoms with van der Waals surface area (Å²) in [4.78, 5) is 14.1. The van der Waals surface area contributed by atoms with Crippen molar-refractivity contribution in [1.82, 2.24) is 10.2 Å². The van der Waals surface area contributed by atoms with Gasteiger partial charge in [-0.25, -0.2) is 0 Å². The molecule has 3 N–H and O–H groups in total. The van der Waals surface area contributed by atoms with E-state index in [0.717, 1.165) is 26.1 Å². The molecule has 0 aromatic carbocycles. The number of nitrogens with two attached hydrogens (primary N) is 1. The minimum atomic E-state index is -0.390. The van der Waals surface area contributed by atoms with E-state index in [0.29, 0.717) is 0 Å². The molecule has 102 valence electrons. The van der Waals surface area contributed by atoms with Gasteiger partial charge in [-0.1, -0.05) is 34.1 Å². The van der Waals surface area contributed by atoms with E-state index >= 15 is 0 Å². The van der Waals surface area contributed by atoms with Crippen molar-refractivity contribution in [2.45, 2.75) is 53.1 Å². The Bertz CT molecular complexity index is 217. The van der Waals surface area contributed by atoms with Gasteiger partial charge < -0.3 is 16.0 Å². The predicted octanol–water partition coefficient (Wildman–Crippen LogP) is 1.21. The number of likely N-dealkylation sites (N-methyl/N-ethyl adjacent to an activating group) is 1. The first-order valence-corrected chi connectivity index (χ1v) is 6.74. The molecule has 0 aromatic rings. The van der Waals surface area contributed by atoms with Crippen LogP contribution in [0.2, 0.25) is 0 Å². The summed E-state index contributed by atoms with van der Waals surface area (Å²) in [6.07, 6.45) is 0.930. The first-order valence-electron chi connectivity index (χ1n) is 6.74. The van der Waals surface area contributed by atoms with Gasteiger partial charge in [0, 0.05) is 12.6 Å². The topological polar surface area (TPSA) is 58.4 Å². The van der Waals surface area contributed by atoms with E-state index in [9.17, 15) is 4.79 Å². The Balaban J connectivity index is 4.10. The quantitative estimate of drug-likeness (QED) is 0.673. The lowest BCUT2D eigenvalue weighted by Crippen LogP contribution is -2.50. The molecule has 17 heavy (non-hydrogen) atoms. The fourth-order valence-electron chi connectivity index (χ4n) is 1.77. The number of carbonyl (C=O) groups excluding carboxylic acids is 1. The number of nitrogens with one attached hydrogen (secondary N) is 1. The van der Waals surface area contributed by atoms with Gasteiger partial charge in [0.25, 0.3) is 0 Å². The van der Waals surface area contributed by atoms with Crippen LogP contribution in [-0.4, -0.2) is 42.5 Å². The van der Waals surface area contributed by atoms with E-state index in [1.54, 1.807) is 0 Å². The van der Waals surface area contributed by atoms with Gasteiger partial charge in [0.05, 0.1) is 6.04 Å². The van der Waals surface area contributed by atoms with E-state index in [4.69, 9.17) is 5.73 Å². The second kappa shape index (κ2) is 8.48. The van der Waals surface area contributed by atoms with Gasteiger partial charge >= 0.3 is 0 Å². The fraction of sp³-hybridized carbons (Fsp3) is 0.923. The molecule has 0 fully saturated rings. The zero-order valence-corrected chi connectivity index (χ0v) is 12.0. The number of hydrogen-bond donors (Lipinski definition) is 2. The molecule has 0 rings (SSSR count). The number of nitrogens with zero attached hydrogens (tertiary/aromatic N) is 1. The molecule has 0 aliphatic heterocycles. The van der Waals surface area contributed by atoms with Crippen molar-refractivity contribution in [2.24, 2.45) is 11.7 Å². The SMILES string of the molecule is CC[C@H](C)[C@H](N)C(=O)NC(C)CN(CC)CC. The van der Waals surface area contributed by atoms with Crippen molar-refractivity contribution >= 4 is 5.91 Å². The lowest BCUT2D eigenvalue weighted by molar-refractivity contribution is -0.124. The van der Waals surface area contributed by atoms with Crippen LogP contribution < -0.4 is 11.1 Å². The highest BCUT2D eigenvalue weighted by atomic mass is 16.2. The molecule has 0 bridgehead atoms. The third kappa shape index (κ3) is 6.03. The summed E-state index contributed by atoms with van der Waals surface area (Å²) in [5, 5.41) is 2.99. The van der Waals surface area contributed by atoms with Gasteiger partial charge in [-0.05, 0) is 25.9 Å². The molecule has 3 atom stereocenters. The van der Waals surface area contributed by atoms with Crippen LogP contribution in [0.25, 0.3) is 0 Å². The zero-order chi connectivity index (χ0) is 13.4. The summed E-state index contributed by atoms with van der Waals surface area (Å²) in [6, 6.07) is -0.239. The van der Waals surface area contributed by atoms with Crippen LogP contribution in [0.4, 0.5) is 0 Å². The molecule has 0 aromatic heterocycles. The number of carbonyl (C=O) groups is 1. The number of rotatable bonds is 8. The van der Waals surface area contributed by atoms with Crippen LogP contribution in [0.5, 0.6) is 0 Å². The van der Waals surface area contributed by atoms with Crippen molar-refractivity contribution in [1.29, 1.82) is 0 Å². The molecule has 0 aliphatic carbocycles. The molecule has 0 spiro atoms. The average Bonchev–Trinajstić information content (AvgIpc) is 2.33. The van der Waals surface area contributed by atoms with Gasteiger partial charge in [0.1, 0.15) is 0 Å². The summed E-state index contributed by atoms with van der Waals surface area (Å²) in [5.74, 6) is 0.203. The lowest BCUT2D eigenvalue weighted by atomic mass is 9.99. The molecule has 4 nitrogen and oxygen atoms in total. The highest BCUT2D eigenvalue weighted by molar-refractivity contribution is 5.82. The summed E-state index contributed by atoms with van der Waals surface area (Å²) in [5.41, 5.74) is 5.89. The van der Waals surface area contributed by atoms with Crippen molar-refractivity contribution in [3.8, 4) is 0 Å². The van der Waals surface area contributed by atoms with Gasteiger partial charge in [-0.3, -0.25) is 4.79 Å². The molecule has 1 unspecified atom stereocenters. The first-order chi connectivity index (χ1) is 7.96. The van der Waals surface area contributed by atoms with E-state index in [1.807, 2.05) is 13.8 Å². The second-order valence-electron chi connectivity index (χ2n) is 4.81. The zero-order valence-electron chi connectivity index (χ0n) is 12.0. The Kier molecular flexibility index (Phi) is 8.17. The van der Waals surface area contributed by atoms with E-state index in [-0.39, 0.29) is 23.9 Å². The second-order valence-corrected chi connectivity index (χ2v) is 4.81. The van der Waals surface area contributed by atoms with E-state index in [1.165, 1.54) is 0 Å². The molecule has 1 amide bonds. The Hall–Kier alpha value is -0.610. The monoisotopic (exact) mass is 243 g/mol. The lowest BCUT2D eigenvalue weighted by Gasteiger charge is -2.25. The number of hydrogen-bond acceptors (Lipinski definition) is 3. The third-order valence-electron chi connectivity index (χ3n) is 3.37. The summed E-state index contributed by atoms with van der Waals surface area (Å²) in [7, 11) is 0. The van der Waals surface area contributed by atoms with Crippen LogP contribution in [0.1, 0.15) is 41.0 Å². The Labute approximate surface area is 106 Å². The standard InChI is InChI=1S/C13H29N3O/c1-6-10(4)12(14)13(17)15-11(5)9-16(7-2)8-3/h10-12H,6-9,14H2,1-5H3,(H,15,17)/t10-,11?,12-/m0/s1. The molecule has 0 saturated heterocycles. The predicted molar refractivity (Wildman–Crippen MR) is 72.8 cm³/mol. The molecule has 0 saturated carbocycles. The normalized spacial score (nSPS) is 16.6.